The maximum absolute atomic E-state index is 8.11. The number of hydrogen-bond acceptors (Lipinski definition) is 5. The van der Waals surface area contributed by atoms with Crippen LogP contribution in [0.5, 0.6) is 0 Å². The summed E-state index contributed by atoms with van der Waals surface area (Å²) in [4.78, 5) is 0. The van der Waals surface area contributed by atoms with Crippen molar-refractivity contribution in [3.63, 3.8) is 0 Å². The van der Waals surface area contributed by atoms with Crippen molar-refractivity contribution in [2.24, 2.45) is 0 Å². The van der Waals surface area contributed by atoms with E-state index in [9.17, 15) is 0 Å². The molecular formula is C13H32O5. The van der Waals surface area contributed by atoms with Gasteiger partial charge in [0.25, 0.3) is 0 Å². The van der Waals surface area contributed by atoms with Crippen molar-refractivity contribution in [1.29, 1.82) is 0 Å². The summed E-state index contributed by atoms with van der Waals surface area (Å²) >= 11 is 0. The third kappa shape index (κ3) is 36.0. The van der Waals surface area contributed by atoms with E-state index in [1.807, 2.05) is 34.6 Å². The summed E-state index contributed by atoms with van der Waals surface area (Å²) in [6, 6.07) is 0. The molecule has 114 valence electrons. The first kappa shape index (κ1) is 22.9. The zero-order valence-electron chi connectivity index (χ0n) is 12.8. The number of aliphatic hydroxyl groups excluding tert-OH is 2. The Morgan fingerprint density at radius 1 is 0.833 bits per heavy atom. The van der Waals surface area contributed by atoms with Gasteiger partial charge in [0.2, 0.25) is 0 Å². The van der Waals surface area contributed by atoms with Crippen molar-refractivity contribution in [2.75, 3.05) is 33.0 Å². The lowest BCUT2D eigenvalue weighted by atomic mass is 10.5. The summed E-state index contributed by atoms with van der Waals surface area (Å²) in [6.45, 7) is 14.3. The van der Waals surface area contributed by atoms with Crippen LogP contribution in [0.15, 0.2) is 0 Å². The number of ether oxygens (including phenoxy) is 3. The van der Waals surface area contributed by atoms with E-state index < -0.39 is 6.10 Å². The van der Waals surface area contributed by atoms with Crippen LogP contribution in [-0.2, 0) is 14.2 Å². The first-order valence-electron chi connectivity index (χ1n) is 6.59. The van der Waals surface area contributed by atoms with Gasteiger partial charge in [-0.15, -0.1) is 0 Å². The van der Waals surface area contributed by atoms with Crippen molar-refractivity contribution in [1.82, 2.24) is 0 Å². The smallest absolute Gasteiger partial charge is 0.154 e. The molecule has 0 radical (unpaired) electrons. The molecule has 0 aromatic carbocycles. The molecule has 2 N–H and O–H groups in total. The summed E-state index contributed by atoms with van der Waals surface area (Å²) in [7, 11) is 0. The van der Waals surface area contributed by atoms with Gasteiger partial charge < -0.3 is 24.4 Å². The van der Waals surface area contributed by atoms with E-state index in [0.717, 1.165) is 26.4 Å². The molecule has 5 nitrogen and oxygen atoms in total. The lowest BCUT2D eigenvalue weighted by molar-refractivity contribution is -0.123. The monoisotopic (exact) mass is 268 g/mol. The minimum Gasteiger partial charge on any atom is -0.394 e. The Bertz CT molecular complexity index is 112. The van der Waals surface area contributed by atoms with Crippen molar-refractivity contribution in [3.05, 3.63) is 0 Å². The van der Waals surface area contributed by atoms with Crippen LogP contribution in [0.4, 0.5) is 0 Å². The normalized spacial score (nSPS) is 11.2. The van der Waals surface area contributed by atoms with Gasteiger partial charge in [0.15, 0.2) is 6.29 Å². The minimum absolute atomic E-state index is 0.0370. The molecule has 0 aliphatic rings. The molecule has 0 amide bonds. The van der Waals surface area contributed by atoms with Gasteiger partial charge >= 0.3 is 0 Å². The van der Waals surface area contributed by atoms with Crippen LogP contribution in [-0.4, -0.2) is 55.6 Å². The van der Waals surface area contributed by atoms with E-state index in [4.69, 9.17) is 24.4 Å². The van der Waals surface area contributed by atoms with Crippen molar-refractivity contribution in [3.8, 4) is 0 Å². The quantitative estimate of drug-likeness (QED) is 0.689. The predicted molar refractivity (Wildman–Crippen MR) is 73.6 cm³/mol. The molecule has 5 heteroatoms. The molecule has 0 fully saturated rings. The fourth-order valence-electron chi connectivity index (χ4n) is 0.722. The Labute approximate surface area is 112 Å². The first-order valence-corrected chi connectivity index (χ1v) is 6.59. The molecule has 0 aliphatic heterocycles. The van der Waals surface area contributed by atoms with Crippen molar-refractivity contribution < 1.29 is 24.4 Å². The molecule has 0 saturated heterocycles. The molecular weight excluding hydrogens is 236 g/mol. The Kier molecular flexibility index (Phi) is 28.1. The molecule has 1 atom stereocenters. The lowest BCUT2D eigenvalue weighted by Gasteiger charge is -2.09. The Morgan fingerprint density at radius 3 is 1.28 bits per heavy atom. The van der Waals surface area contributed by atoms with Crippen LogP contribution in [0.25, 0.3) is 0 Å². The maximum atomic E-state index is 8.11. The Hall–Kier alpha value is -0.200. The molecule has 0 saturated carbocycles. The highest BCUT2D eigenvalue weighted by molar-refractivity contribution is 4.34. The second-order valence-electron chi connectivity index (χ2n) is 3.29. The molecule has 0 aromatic rings. The van der Waals surface area contributed by atoms with Gasteiger partial charge in [-0.3, -0.25) is 0 Å². The third-order valence-electron chi connectivity index (χ3n) is 1.48. The van der Waals surface area contributed by atoms with Crippen LogP contribution in [0.2, 0.25) is 0 Å². The number of rotatable bonds is 7. The molecule has 0 rings (SSSR count). The summed E-state index contributed by atoms with van der Waals surface area (Å²) in [5, 5.41) is 16.0. The van der Waals surface area contributed by atoms with Crippen LogP contribution < -0.4 is 0 Å². The molecule has 0 bridgehead atoms. The SMILES string of the molecule is CC(O)CO.CCOC(C)OCC.CCOCC. The van der Waals surface area contributed by atoms with E-state index in [0.29, 0.717) is 0 Å². The van der Waals surface area contributed by atoms with Crippen LogP contribution >= 0.6 is 0 Å². The zero-order valence-corrected chi connectivity index (χ0v) is 12.8. The van der Waals surface area contributed by atoms with Crippen LogP contribution in [0.1, 0.15) is 41.5 Å². The number of hydrogen-bond donors (Lipinski definition) is 2. The second-order valence-corrected chi connectivity index (χ2v) is 3.29. The summed E-state index contributed by atoms with van der Waals surface area (Å²) in [5.41, 5.74) is 0. The van der Waals surface area contributed by atoms with Gasteiger partial charge in [-0.25, -0.2) is 0 Å². The third-order valence-corrected chi connectivity index (χ3v) is 1.48. The zero-order chi connectivity index (χ0) is 14.8. The van der Waals surface area contributed by atoms with Gasteiger partial charge in [-0.05, 0) is 41.5 Å². The summed E-state index contributed by atoms with van der Waals surface area (Å²) in [6.07, 6.45) is -0.597. The van der Waals surface area contributed by atoms with Crippen molar-refractivity contribution in [2.45, 2.75) is 53.9 Å². The molecule has 0 aliphatic carbocycles. The molecule has 1 unspecified atom stereocenters. The average Bonchev–Trinajstić information content (AvgIpc) is 2.32. The van der Waals surface area contributed by atoms with E-state index in [-0.39, 0.29) is 12.9 Å². The summed E-state index contributed by atoms with van der Waals surface area (Å²) in [5.74, 6) is 0. The molecule has 0 heterocycles. The fraction of sp³-hybridized carbons (Fsp3) is 1.00. The highest BCUT2D eigenvalue weighted by atomic mass is 16.7. The largest absolute Gasteiger partial charge is 0.394 e. The van der Waals surface area contributed by atoms with Gasteiger partial charge in [0, 0.05) is 26.4 Å². The highest BCUT2D eigenvalue weighted by Crippen LogP contribution is 1.90. The van der Waals surface area contributed by atoms with Crippen LogP contribution in [0, 0.1) is 0 Å². The summed E-state index contributed by atoms with van der Waals surface area (Å²) < 4.78 is 15.0. The van der Waals surface area contributed by atoms with Crippen LogP contribution in [0.3, 0.4) is 0 Å². The van der Waals surface area contributed by atoms with E-state index in [1.54, 1.807) is 0 Å². The van der Waals surface area contributed by atoms with Gasteiger partial charge in [-0.2, -0.15) is 0 Å². The van der Waals surface area contributed by atoms with E-state index in [1.165, 1.54) is 6.92 Å². The fourth-order valence-corrected chi connectivity index (χ4v) is 0.722. The topological polar surface area (TPSA) is 68.2 Å². The first-order chi connectivity index (χ1) is 8.49. The average molecular weight is 268 g/mol. The van der Waals surface area contributed by atoms with E-state index >= 15 is 0 Å². The number of aliphatic hydroxyl groups is 2. The molecule has 0 spiro atoms. The minimum atomic E-state index is -0.560. The van der Waals surface area contributed by atoms with Gasteiger partial charge in [-0.1, -0.05) is 0 Å². The van der Waals surface area contributed by atoms with Crippen molar-refractivity contribution >= 4 is 0 Å². The molecule has 0 aromatic heterocycles. The van der Waals surface area contributed by atoms with Gasteiger partial charge in [0.05, 0.1) is 12.7 Å². The standard InChI is InChI=1S/C6H14O2.C4H10O.C3H8O2/c1-4-7-6(3)8-5-2;1-3-5-4-2;1-3(5)2-4/h6H,4-5H2,1-3H3;3-4H2,1-2H3;3-5H,2H2,1H3. The predicted octanol–water partition coefficient (Wildman–Crippen LogP) is 1.81. The highest BCUT2D eigenvalue weighted by Gasteiger charge is 1.94. The lowest BCUT2D eigenvalue weighted by Crippen LogP contribution is -2.11. The Morgan fingerprint density at radius 2 is 1.17 bits per heavy atom. The Balaban J connectivity index is -0.000000197. The molecule has 18 heavy (non-hydrogen) atoms. The van der Waals surface area contributed by atoms with Gasteiger partial charge in [0.1, 0.15) is 0 Å². The van der Waals surface area contributed by atoms with E-state index in [2.05, 4.69) is 0 Å². The second kappa shape index (κ2) is 22.0. The maximum Gasteiger partial charge on any atom is 0.154 e.